The molecule has 2 unspecified atom stereocenters. The van der Waals surface area contributed by atoms with Crippen LogP contribution in [0.5, 0.6) is 0 Å². The fourth-order valence-electron chi connectivity index (χ4n) is 4.11. The molecule has 4 nitrogen and oxygen atoms in total. The molecule has 4 heteroatoms. The standard InChI is InChI=1S/C16H27NO3/c1-11(2)10-16(8-3-4-9-16)15(20)17-13-7-5-6-12(13)14(18)19/h11-13H,3-10H2,1-2H3,(H,17,20)(H,18,19). The van der Waals surface area contributed by atoms with Gasteiger partial charge in [-0.3, -0.25) is 9.59 Å². The Hall–Kier alpha value is -1.06. The van der Waals surface area contributed by atoms with Crippen molar-refractivity contribution in [3.05, 3.63) is 0 Å². The highest BCUT2D eigenvalue weighted by Gasteiger charge is 2.43. The summed E-state index contributed by atoms with van der Waals surface area (Å²) in [5, 5.41) is 12.3. The zero-order valence-electron chi connectivity index (χ0n) is 12.7. The topological polar surface area (TPSA) is 66.4 Å². The molecule has 2 saturated carbocycles. The molecule has 0 radical (unpaired) electrons. The van der Waals surface area contributed by atoms with Crippen LogP contribution in [0.4, 0.5) is 0 Å². The Labute approximate surface area is 121 Å². The summed E-state index contributed by atoms with van der Waals surface area (Å²) in [6.07, 6.45) is 7.48. The average Bonchev–Trinajstić information content (AvgIpc) is 2.97. The first kappa shape index (κ1) is 15.3. The monoisotopic (exact) mass is 281 g/mol. The van der Waals surface area contributed by atoms with Crippen LogP contribution in [0, 0.1) is 17.3 Å². The third-order valence-electron chi connectivity index (χ3n) is 4.99. The quantitative estimate of drug-likeness (QED) is 0.814. The van der Waals surface area contributed by atoms with Gasteiger partial charge in [-0.05, 0) is 38.0 Å². The second-order valence-corrected chi connectivity index (χ2v) is 7.04. The van der Waals surface area contributed by atoms with E-state index in [-0.39, 0.29) is 17.4 Å². The molecule has 2 aliphatic rings. The van der Waals surface area contributed by atoms with Gasteiger partial charge in [-0.15, -0.1) is 0 Å². The van der Waals surface area contributed by atoms with Crippen molar-refractivity contribution in [1.82, 2.24) is 5.32 Å². The first-order valence-electron chi connectivity index (χ1n) is 7.98. The molecule has 114 valence electrons. The molecule has 0 aromatic carbocycles. The summed E-state index contributed by atoms with van der Waals surface area (Å²) in [5.41, 5.74) is -0.236. The molecular formula is C16H27NO3. The lowest BCUT2D eigenvalue weighted by Crippen LogP contribution is -2.47. The Kier molecular flexibility index (Phi) is 4.71. The van der Waals surface area contributed by atoms with Crippen molar-refractivity contribution in [2.45, 2.75) is 71.3 Å². The van der Waals surface area contributed by atoms with Crippen LogP contribution in [-0.2, 0) is 9.59 Å². The first-order chi connectivity index (χ1) is 9.44. The van der Waals surface area contributed by atoms with Crippen molar-refractivity contribution < 1.29 is 14.7 Å². The lowest BCUT2D eigenvalue weighted by atomic mass is 9.77. The average molecular weight is 281 g/mol. The molecule has 0 heterocycles. The second-order valence-electron chi connectivity index (χ2n) is 7.04. The number of hydrogen-bond donors (Lipinski definition) is 2. The van der Waals surface area contributed by atoms with E-state index < -0.39 is 11.9 Å². The van der Waals surface area contributed by atoms with Crippen molar-refractivity contribution in [1.29, 1.82) is 0 Å². The minimum Gasteiger partial charge on any atom is -0.481 e. The van der Waals surface area contributed by atoms with Gasteiger partial charge in [0.2, 0.25) is 5.91 Å². The van der Waals surface area contributed by atoms with E-state index in [9.17, 15) is 14.7 Å². The van der Waals surface area contributed by atoms with E-state index in [1.807, 2.05) is 0 Å². The van der Waals surface area contributed by atoms with E-state index in [0.29, 0.717) is 12.3 Å². The fourth-order valence-corrected chi connectivity index (χ4v) is 4.11. The van der Waals surface area contributed by atoms with Crippen LogP contribution in [0.1, 0.15) is 65.2 Å². The van der Waals surface area contributed by atoms with E-state index in [1.54, 1.807) is 0 Å². The molecule has 2 fully saturated rings. The summed E-state index contributed by atoms with van der Waals surface area (Å²) in [4.78, 5) is 23.9. The van der Waals surface area contributed by atoms with Crippen molar-refractivity contribution in [3.63, 3.8) is 0 Å². The molecular weight excluding hydrogens is 254 g/mol. The highest BCUT2D eigenvalue weighted by Crippen LogP contribution is 2.44. The van der Waals surface area contributed by atoms with Crippen molar-refractivity contribution in [2.24, 2.45) is 17.3 Å². The minimum atomic E-state index is -0.767. The third-order valence-corrected chi connectivity index (χ3v) is 4.99. The van der Waals surface area contributed by atoms with Crippen LogP contribution in [0.3, 0.4) is 0 Å². The van der Waals surface area contributed by atoms with Crippen LogP contribution in [0.15, 0.2) is 0 Å². The zero-order chi connectivity index (χ0) is 14.8. The van der Waals surface area contributed by atoms with E-state index in [0.717, 1.165) is 44.9 Å². The predicted octanol–water partition coefficient (Wildman–Crippen LogP) is 2.96. The van der Waals surface area contributed by atoms with Crippen LogP contribution >= 0.6 is 0 Å². The molecule has 0 saturated heterocycles. The van der Waals surface area contributed by atoms with Gasteiger partial charge in [0.05, 0.1) is 5.92 Å². The molecule has 2 N–H and O–H groups in total. The third kappa shape index (κ3) is 3.15. The van der Waals surface area contributed by atoms with E-state index >= 15 is 0 Å². The van der Waals surface area contributed by atoms with Gasteiger partial charge in [-0.2, -0.15) is 0 Å². The molecule has 0 bridgehead atoms. The fraction of sp³-hybridized carbons (Fsp3) is 0.875. The molecule has 0 aromatic rings. The van der Waals surface area contributed by atoms with Gasteiger partial charge in [0.1, 0.15) is 0 Å². The number of amides is 1. The smallest absolute Gasteiger partial charge is 0.308 e. The van der Waals surface area contributed by atoms with Gasteiger partial charge in [0.15, 0.2) is 0 Å². The summed E-state index contributed by atoms with van der Waals surface area (Å²) in [6.45, 7) is 4.31. The zero-order valence-corrected chi connectivity index (χ0v) is 12.7. The summed E-state index contributed by atoms with van der Waals surface area (Å²) < 4.78 is 0. The van der Waals surface area contributed by atoms with Gasteiger partial charge in [0, 0.05) is 11.5 Å². The molecule has 2 rings (SSSR count). The Morgan fingerprint density at radius 1 is 1.20 bits per heavy atom. The number of nitrogens with one attached hydrogen (secondary N) is 1. The van der Waals surface area contributed by atoms with Crippen LogP contribution in [-0.4, -0.2) is 23.0 Å². The summed E-state index contributed by atoms with van der Waals surface area (Å²) >= 11 is 0. The Morgan fingerprint density at radius 3 is 2.40 bits per heavy atom. The first-order valence-corrected chi connectivity index (χ1v) is 7.98. The number of carbonyl (C=O) groups is 2. The molecule has 20 heavy (non-hydrogen) atoms. The lowest BCUT2D eigenvalue weighted by Gasteiger charge is -2.31. The molecule has 0 aliphatic heterocycles. The van der Waals surface area contributed by atoms with Gasteiger partial charge >= 0.3 is 5.97 Å². The largest absolute Gasteiger partial charge is 0.481 e. The van der Waals surface area contributed by atoms with Gasteiger partial charge < -0.3 is 10.4 Å². The molecule has 0 aromatic heterocycles. The summed E-state index contributed by atoms with van der Waals surface area (Å²) in [5.74, 6) is -0.548. The summed E-state index contributed by atoms with van der Waals surface area (Å²) in [6, 6.07) is -0.162. The number of carboxylic acids is 1. The van der Waals surface area contributed by atoms with Gasteiger partial charge in [-0.1, -0.05) is 33.1 Å². The maximum absolute atomic E-state index is 12.7. The number of hydrogen-bond acceptors (Lipinski definition) is 2. The highest BCUT2D eigenvalue weighted by atomic mass is 16.4. The molecule has 0 spiro atoms. The summed E-state index contributed by atoms with van der Waals surface area (Å²) in [7, 11) is 0. The van der Waals surface area contributed by atoms with Gasteiger partial charge in [-0.25, -0.2) is 0 Å². The van der Waals surface area contributed by atoms with Crippen molar-refractivity contribution >= 4 is 11.9 Å². The molecule has 2 aliphatic carbocycles. The van der Waals surface area contributed by atoms with Gasteiger partial charge in [0.25, 0.3) is 0 Å². The van der Waals surface area contributed by atoms with E-state index in [1.165, 1.54) is 0 Å². The minimum absolute atomic E-state index is 0.113. The SMILES string of the molecule is CC(C)CC1(C(=O)NC2CCCC2C(=O)O)CCCC1. The number of carbonyl (C=O) groups excluding carboxylic acids is 1. The van der Waals surface area contributed by atoms with E-state index in [2.05, 4.69) is 19.2 Å². The van der Waals surface area contributed by atoms with Crippen molar-refractivity contribution in [3.8, 4) is 0 Å². The molecule has 1 amide bonds. The predicted molar refractivity (Wildman–Crippen MR) is 77.3 cm³/mol. The number of aliphatic carboxylic acids is 1. The highest BCUT2D eigenvalue weighted by molar-refractivity contribution is 5.84. The maximum atomic E-state index is 12.7. The lowest BCUT2D eigenvalue weighted by molar-refractivity contribution is -0.143. The number of rotatable bonds is 5. The maximum Gasteiger partial charge on any atom is 0.308 e. The Balaban J connectivity index is 2.03. The van der Waals surface area contributed by atoms with Crippen molar-refractivity contribution in [2.75, 3.05) is 0 Å². The Morgan fingerprint density at radius 2 is 1.85 bits per heavy atom. The van der Waals surface area contributed by atoms with Crippen LogP contribution in [0.25, 0.3) is 0 Å². The van der Waals surface area contributed by atoms with E-state index in [4.69, 9.17) is 0 Å². The Bertz CT molecular complexity index is 372. The second kappa shape index (κ2) is 6.15. The number of carboxylic acid groups (broad SMARTS) is 1. The molecule has 2 atom stereocenters. The normalized spacial score (nSPS) is 28.8. The van der Waals surface area contributed by atoms with Crippen LogP contribution in [0.2, 0.25) is 0 Å². The van der Waals surface area contributed by atoms with Crippen LogP contribution < -0.4 is 5.32 Å².